The van der Waals surface area contributed by atoms with E-state index in [1.807, 2.05) is 36.4 Å². The SMILES string of the molecule is O=C(NC1CCCC1)c1cncc(-c2ccccc2)c1. The number of aromatic nitrogens is 1. The van der Waals surface area contributed by atoms with E-state index in [2.05, 4.69) is 10.3 Å². The Balaban J connectivity index is 1.78. The highest BCUT2D eigenvalue weighted by Crippen LogP contribution is 2.20. The molecular formula is C17H18N2O. The number of carbonyl (C=O) groups excluding carboxylic acids is 1. The fourth-order valence-electron chi connectivity index (χ4n) is 2.69. The number of benzene rings is 1. The van der Waals surface area contributed by atoms with Gasteiger partial charge in [-0.1, -0.05) is 43.2 Å². The maximum atomic E-state index is 12.2. The predicted octanol–water partition coefficient (Wildman–Crippen LogP) is 3.42. The Morgan fingerprint density at radius 3 is 2.55 bits per heavy atom. The molecule has 3 heteroatoms. The minimum atomic E-state index is -0.0119. The molecule has 1 aliphatic rings. The Hall–Kier alpha value is -2.16. The third kappa shape index (κ3) is 2.87. The fraction of sp³-hybridized carbons (Fsp3) is 0.294. The zero-order valence-corrected chi connectivity index (χ0v) is 11.4. The molecule has 1 saturated carbocycles. The van der Waals surface area contributed by atoms with Crippen molar-refractivity contribution in [1.82, 2.24) is 10.3 Å². The molecule has 1 heterocycles. The van der Waals surface area contributed by atoms with Gasteiger partial charge in [-0.05, 0) is 24.5 Å². The summed E-state index contributed by atoms with van der Waals surface area (Å²) in [5.41, 5.74) is 2.69. The van der Waals surface area contributed by atoms with E-state index in [1.165, 1.54) is 12.8 Å². The highest BCUT2D eigenvalue weighted by atomic mass is 16.1. The van der Waals surface area contributed by atoms with Gasteiger partial charge in [0.15, 0.2) is 0 Å². The first-order valence-electron chi connectivity index (χ1n) is 7.14. The molecule has 3 nitrogen and oxygen atoms in total. The molecule has 0 bridgehead atoms. The van der Waals surface area contributed by atoms with E-state index in [9.17, 15) is 4.79 Å². The van der Waals surface area contributed by atoms with Crippen molar-refractivity contribution >= 4 is 5.91 Å². The van der Waals surface area contributed by atoms with Crippen molar-refractivity contribution in [1.29, 1.82) is 0 Å². The molecule has 102 valence electrons. The van der Waals surface area contributed by atoms with Crippen molar-refractivity contribution in [3.05, 3.63) is 54.4 Å². The average Bonchev–Trinajstić information content (AvgIpc) is 3.01. The van der Waals surface area contributed by atoms with E-state index in [4.69, 9.17) is 0 Å². The van der Waals surface area contributed by atoms with Crippen molar-refractivity contribution in [2.75, 3.05) is 0 Å². The molecule has 1 aliphatic carbocycles. The quantitative estimate of drug-likeness (QED) is 0.925. The van der Waals surface area contributed by atoms with E-state index in [0.29, 0.717) is 11.6 Å². The lowest BCUT2D eigenvalue weighted by Gasteiger charge is -2.12. The molecular weight excluding hydrogens is 248 g/mol. The molecule has 3 rings (SSSR count). The van der Waals surface area contributed by atoms with Gasteiger partial charge in [0.2, 0.25) is 0 Å². The van der Waals surface area contributed by atoms with Gasteiger partial charge in [0, 0.05) is 24.0 Å². The number of amides is 1. The lowest BCUT2D eigenvalue weighted by atomic mass is 10.1. The number of hydrogen-bond donors (Lipinski definition) is 1. The Morgan fingerprint density at radius 2 is 1.80 bits per heavy atom. The van der Waals surface area contributed by atoms with Gasteiger partial charge in [0.25, 0.3) is 5.91 Å². The van der Waals surface area contributed by atoms with E-state index < -0.39 is 0 Å². The predicted molar refractivity (Wildman–Crippen MR) is 79.4 cm³/mol. The summed E-state index contributed by atoms with van der Waals surface area (Å²) in [6.07, 6.45) is 8.05. The summed E-state index contributed by atoms with van der Waals surface area (Å²) in [4.78, 5) is 16.4. The van der Waals surface area contributed by atoms with Crippen molar-refractivity contribution in [2.45, 2.75) is 31.7 Å². The Labute approximate surface area is 119 Å². The van der Waals surface area contributed by atoms with Gasteiger partial charge in [0.1, 0.15) is 0 Å². The molecule has 1 aromatic heterocycles. The van der Waals surface area contributed by atoms with Crippen LogP contribution in [0.3, 0.4) is 0 Å². The summed E-state index contributed by atoms with van der Waals surface area (Å²) in [6, 6.07) is 12.2. The largest absolute Gasteiger partial charge is 0.349 e. The van der Waals surface area contributed by atoms with E-state index in [1.54, 1.807) is 12.4 Å². The topological polar surface area (TPSA) is 42.0 Å². The summed E-state index contributed by atoms with van der Waals surface area (Å²) in [7, 11) is 0. The maximum absolute atomic E-state index is 12.2. The second-order valence-electron chi connectivity index (χ2n) is 5.28. The fourth-order valence-corrected chi connectivity index (χ4v) is 2.69. The van der Waals surface area contributed by atoms with E-state index in [0.717, 1.165) is 24.0 Å². The molecule has 1 amide bonds. The summed E-state index contributed by atoms with van der Waals surface area (Å²) < 4.78 is 0. The summed E-state index contributed by atoms with van der Waals surface area (Å²) in [6.45, 7) is 0. The highest BCUT2D eigenvalue weighted by Gasteiger charge is 2.18. The minimum absolute atomic E-state index is 0.0119. The molecule has 0 radical (unpaired) electrons. The normalized spacial score (nSPS) is 15.2. The van der Waals surface area contributed by atoms with Crippen LogP contribution in [0.15, 0.2) is 48.8 Å². The van der Waals surface area contributed by atoms with E-state index >= 15 is 0 Å². The van der Waals surface area contributed by atoms with Crippen molar-refractivity contribution < 1.29 is 4.79 Å². The zero-order chi connectivity index (χ0) is 13.8. The molecule has 1 N–H and O–H groups in total. The van der Waals surface area contributed by atoms with Crippen LogP contribution in [-0.2, 0) is 0 Å². The average molecular weight is 266 g/mol. The summed E-state index contributed by atoms with van der Waals surface area (Å²) in [5, 5.41) is 3.09. The summed E-state index contributed by atoms with van der Waals surface area (Å²) in [5.74, 6) is -0.0119. The van der Waals surface area contributed by atoms with Crippen molar-refractivity contribution in [3.63, 3.8) is 0 Å². The first-order chi connectivity index (χ1) is 9.83. The Kier molecular flexibility index (Phi) is 3.77. The summed E-state index contributed by atoms with van der Waals surface area (Å²) >= 11 is 0. The highest BCUT2D eigenvalue weighted by molar-refractivity contribution is 5.95. The third-order valence-electron chi connectivity index (χ3n) is 3.80. The molecule has 0 saturated heterocycles. The van der Waals surface area contributed by atoms with Crippen molar-refractivity contribution in [2.24, 2.45) is 0 Å². The Morgan fingerprint density at radius 1 is 1.05 bits per heavy atom. The lowest BCUT2D eigenvalue weighted by Crippen LogP contribution is -2.32. The van der Waals surface area contributed by atoms with Gasteiger partial charge in [-0.3, -0.25) is 9.78 Å². The molecule has 1 aromatic carbocycles. The monoisotopic (exact) mass is 266 g/mol. The number of carbonyl (C=O) groups is 1. The minimum Gasteiger partial charge on any atom is -0.349 e. The van der Waals surface area contributed by atoms with Gasteiger partial charge < -0.3 is 5.32 Å². The molecule has 0 unspecified atom stereocenters. The zero-order valence-electron chi connectivity index (χ0n) is 11.4. The van der Waals surface area contributed by atoms with E-state index in [-0.39, 0.29) is 5.91 Å². The van der Waals surface area contributed by atoms with Crippen LogP contribution in [-0.4, -0.2) is 16.9 Å². The van der Waals surface area contributed by atoms with Crippen LogP contribution in [0.5, 0.6) is 0 Å². The second kappa shape index (κ2) is 5.87. The van der Waals surface area contributed by atoms with Gasteiger partial charge in [0.05, 0.1) is 5.56 Å². The Bertz CT molecular complexity index is 589. The number of hydrogen-bond acceptors (Lipinski definition) is 2. The van der Waals surface area contributed by atoms with Crippen LogP contribution in [0, 0.1) is 0 Å². The van der Waals surface area contributed by atoms with Gasteiger partial charge in [-0.15, -0.1) is 0 Å². The van der Waals surface area contributed by atoms with Crippen LogP contribution >= 0.6 is 0 Å². The molecule has 20 heavy (non-hydrogen) atoms. The van der Waals surface area contributed by atoms with Crippen LogP contribution < -0.4 is 5.32 Å². The van der Waals surface area contributed by atoms with Crippen LogP contribution in [0.4, 0.5) is 0 Å². The van der Waals surface area contributed by atoms with Gasteiger partial charge in [-0.25, -0.2) is 0 Å². The maximum Gasteiger partial charge on any atom is 0.253 e. The number of nitrogens with zero attached hydrogens (tertiary/aromatic N) is 1. The molecule has 2 aromatic rings. The molecule has 0 spiro atoms. The first kappa shape index (κ1) is 12.9. The first-order valence-corrected chi connectivity index (χ1v) is 7.14. The van der Waals surface area contributed by atoms with Crippen LogP contribution in [0.2, 0.25) is 0 Å². The number of pyridine rings is 1. The number of nitrogens with one attached hydrogen (secondary N) is 1. The molecule has 0 aliphatic heterocycles. The van der Waals surface area contributed by atoms with Crippen LogP contribution in [0.25, 0.3) is 11.1 Å². The van der Waals surface area contributed by atoms with Gasteiger partial charge in [-0.2, -0.15) is 0 Å². The standard InChI is InChI=1S/C17H18N2O/c20-17(19-16-8-4-5-9-16)15-10-14(11-18-12-15)13-6-2-1-3-7-13/h1-3,6-7,10-12,16H,4-5,8-9H2,(H,19,20). The smallest absolute Gasteiger partial charge is 0.253 e. The number of rotatable bonds is 3. The molecule has 0 atom stereocenters. The third-order valence-corrected chi connectivity index (χ3v) is 3.80. The lowest BCUT2D eigenvalue weighted by molar-refractivity contribution is 0.0937. The van der Waals surface area contributed by atoms with Gasteiger partial charge >= 0.3 is 0 Å². The molecule has 1 fully saturated rings. The van der Waals surface area contributed by atoms with Crippen molar-refractivity contribution in [3.8, 4) is 11.1 Å². The van der Waals surface area contributed by atoms with Crippen LogP contribution in [0.1, 0.15) is 36.0 Å². The second-order valence-corrected chi connectivity index (χ2v) is 5.28.